The second-order valence-electron chi connectivity index (χ2n) is 8.28. The van der Waals surface area contributed by atoms with Crippen molar-refractivity contribution in [2.24, 2.45) is 0 Å². The summed E-state index contributed by atoms with van der Waals surface area (Å²) in [6.07, 6.45) is 1.28. The maximum Gasteiger partial charge on any atom is 0.243 e. The standard InChI is InChI=1S/C28H31FN2O2/c1-3-16-30-28(33)26(18-22-11-5-4-6-12-22)31(20-24-14-7-8-15-25(24)29)27(32)19-23-13-9-10-21(2)17-23/h4-15,17,26H,3,16,18-20H2,1-2H3,(H,30,33). The molecule has 1 atom stereocenters. The van der Waals surface area contributed by atoms with Gasteiger partial charge in [0.15, 0.2) is 0 Å². The van der Waals surface area contributed by atoms with Crippen LogP contribution >= 0.6 is 0 Å². The molecular formula is C28H31FN2O2. The molecule has 0 aliphatic heterocycles. The molecule has 2 amide bonds. The van der Waals surface area contributed by atoms with E-state index in [1.54, 1.807) is 18.2 Å². The quantitative estimate of drug-likeness (QED) is 0.484. The molecule has 0 bridgehead atoms. The second-order valence-corrected chi connectivity index (χ2v) is 8.28. The molecule has 0 radical (unpaired) electrons. The van der Waals surface area contributed by atoms with Crippen molar-refractivity contribution in [1.29, 1.82) is 0 Å². The Labute approximate surface area is 195 Å². The fourth-order valence-corrected chi connectivity index (χ4v) is 3.83. The Morgan fingerprint density at radius 1 is 0.939 bits per heavy atom. The molecule has 0 aliphatic rings. The zero-order chi connectivity index (χ0) is 23.6. The highest BCUT2D eigenvalue weighted by atomic mass is 19.1. The third-order valence-corrected chi connectivity index (χ3v) is 5.56. The zero-order valence-electron chi connectivity index (χ0n) is 19.3. The third kappa shape index (κ3) is 7.01. The number of nitrogens with zero attached hydrogens (tertiary/aromatic N) is 1. The number of benzene rings is 3. The van der Waals surface area contributed by atoms with E-state index in [0.717, 1.165) is 23.1 Å². The fraction of sp³-hybridized carbons (Fsp3) is 0.286. The number of aryl methyl sites for hydroxylation is 1. The minimum atomic E-state index is -0.754. The highest BCUT2D eigenvalue weighted by Gasteiger charge is 2.30. The maximum absolute atomic E-state index is 14.5. The van der Waals surface area contributed by atoms with Gasteiger partial charge in [0.2, 0.25) is 11.8 Å². The number of rotatable bonds is 10. The van der Waals surface area contributed by atoms with Crippen molar-refractivity contribution in [3.8, 4) is 0 Å². The van der Waals surface area contributed by atoms with E-state index in [4.69, 9.17) is 0 Å². The highest BCUT2D eigenvalue weighted by molar-refractivity contribution is 5.88. The van der Waals surface area contributed by atoms with Crippen LogP contribution in [0.1, 0.15) is 35.6 Å². The van der Waals surface area contributed by atoms with E-state index in [-0.39, 0.29) is 24.8 Å². The molecule has 0 saturated carbocycles. The molecule has 0 fully saturated rings. The van der Waals surface area contributed by atoms with Gasteiger partial charge in [0, 0.05) is 25.1 Å². The van der Waals surface area contributed by atoms with Crippen LogP contribution in [0.4, 0.5) is 4.39 Å². The van der Waals surface area contributed by atoms with Gasteiger partial charge in [0.25, 0.3) is 0 Å². The van der Waals surface area contributed by atoms with Crippen molar-refractivity contribution < 1.29 is 14.0 Å². The lowest BCUT2D eigenvalue weighted by Gasteiger charge is -2.32. The van der Waals surface area contributed by atoms with Crippen LogP contribution in [0.5, 0.6) is 0 Å². The van der Waals surface area contributed by atoms with Gasteiger partial charge in [-0.15, -0.1) is 0 Å². The predicted octanol–water partition coefficient (Wildman–Crippen LogP) is 4.84. The number of hydrogen-bond acceptors (Lipinski definition) is 2. The Balaban J connectivity index is 1.96. The van der Waals surface area contributed by atoms with Crippen molar-refractivity contribution in [3.63, 3.8) is 0 Å². The van der Waals surface area contributed by atoms with Gasteiger partial charge in [0.05, 0.1) is 6.42 Å². The Kier molecular flexibility index (Phi) is 8.76. The lowest BCUT2D eigenvalue weighted by Crippen LogP contribution is -2.51. The van der Waals surface area contributed by atoms with Gasteiger partial charge in [-0.3, -0.25) is 9.59 Å². The van der Waals surface area contributed by atoms with E-state index in [0.29, 0.717) is 18.5 Å². The van der Waals surface area contributed by atoms with E-state index in [9.17, 15) is 14.0 Å². The summed E-state index contributed by atoms with van der Waals surface area (Å²) in [5.74, 6) is -0.829. The Morgan fingerprint density at radius 2 is 1.64 bits per heavy atom. The van der Waals surface area contributed by atoms with Crippen molar-refractivity contribution >= 4 is 11.8 Å². The molecule has 172 valence electrons. The minimum absolute atomic E-state index is 0.0222. The van der Waals surface area contributed by atoms with E-state index < -0.39 is 11.9 Å². The van der Waals surface area contributed by atoms with Crippen molar-refractivity contribution in [2.45, 2.75) is 45.7 Å². The van der Waals surface area contributed by atoms with Gasteiger partial charge in [-0.2, -0.15) is 0 Å². The normalized spacial score (nSPS) is 11.6. The number of halogens is 1. The summed E-state index contributed by atoms with van der Waals surface area (Å²) in [6, 6.07) is 23.0. The number of hydrogen-bond donors (Lipinski definition) is 1. The van der Waals surface area contributed by atoms with Crippen LogP contribution < -0.4 is 5.32 Å². The average Bonchev–Trinajstić information content (AvgIpc) is 2.81. The van der Waals surface area contributed by atoms with Crippen LogP contribution in [-0.4, -0.2) is 29.3 Å². The van der Waals surface area contributed by atoms with Gasteiger partial charge >= 0.3 is 0 Å². The first kappa shape index (κ1) is 24.2. The molecule has 0 aromatic heterocycles. The summed E-state index contributed by atoms with van der Waals surface area (Å²) in [5.41, 5.74) is 3.25. The second kappa shape index (κ2) is 12.0. The van der Waals surface area contributed by atoms with Crippen LogP contribution in [0.3, 0.4) is 0 Å². The third-order valence-electron chi connectivity index (χ3n) is 5.56. The summed E-state index contributed by atoms with van der Waals surface area (Å²) < 4.78 is 14.5. The van der Waals surface area contributed by atoms with Gasteiger partial charge < -0.3 is 10.2 Å². The van der Waals surface area contributed by atoms with Crippen LogP contribution in [0.2, 0.25) is 0 Å². The van der Waals surface area contributed by atoms with Crippen molar-refractivity contribution in [3.05, 3.63) is 107 Å². The molecule has 1 unspecified atom stereocenters. The maximum atomic E-state index is 14.5. The highest BCUT2D eigenvalue weighted by Crippen LogP contribution is 2.18. The molecule has 5 heteroatoms. The molecule has 33 heavy (non-hydrogen) atoms. The molecule has 0 spiro atoms. The number of amides is 2. The first-order valence-corrected chi connectivity index (χ1v) is 11.4. The predicted molar refractivity (Wildman–Crippen MR) is 129 cm³/mol. The van der Waals surface area contributed by atoms with Crippen LogP contribution in [0.25, 0.3) is 0 Å². The molecule has 4 nitrogen and oxygen atoms in total. The summed E-state index contributed by atoms with van der Waals surface area (Å²) in [5, 5.41) is 2.93. The van der Waals surface area contributed by atoms with Crippen LogP contribution in [0.15, 0.2) is 78.9 Å². The first-order valence-electron chi connectivity index (χ1n) is 11.4. The molecule has 3 aromatic rings. The largest absolute Gasteiger partial charge is 0.354 e. The van der Waals surface area contributed by atoms with Crippen molar-refractivity contribution in [2.75, 3.05) is 6.54 Å². The van der Waals surface area contributed by atoms with Gasteiger partial charge in [-0.25, -0.2) is 4.39 Å². The monoisotopic (exact) mass is 446 g/mol. The lowest BCUT2D eigenvalue weighted by molar-refractivity contribution is -0.140. The zero-order valence-corrected chi connectivity index (χ0v) is 19.3. The number of carbonyl (C=O) groups excluding carboxylic acids is 2. The van der Waals surface area contributed by atoms with Crippen LogP contribution in [-0.2, 0) is 29.0 Å². The fourth-order valence-electron chi connectivity index (χ4n) is 3.83. The molecule has 3 aromatic carbocycles. The minimum Gasteiger partial charge on any atom is -0.354 e. The summed E-state index contributed by atoms with van der Waals surface area (Å²) in [4.78, 5) is 28.3. The molecular weight excluding hydrogens is 415 g/mol. The van der Waals surface area contributed by atoms with E-state index in [1.165, 1.54) is 11.0 Å². The summed E-state index contributed by atoms with van der Waals surface area (Å²) in [6.45, 7) is 4.49. The van der Waals surface area contributed by atoms with E-state index in [2.05, 4.69) is 5.32 Å². The average molecular weight is 447 g/mol. The van der Waals surface area contributed by atoms with Crippen LogP contribution in [0, 0.1) is 12.7 Å². The lowest BCUT2D eigenvalue weighted by atomic mass is 10.0. The topological polar surface area (TPSA) is 49.4 Å². The molecule has 0 saturated heterocycles. The number of carbonyl (C=O) groups is 2. The SMILES string of the molecule is CCCNC(=O)C(Cc1ccccc1)N(Cc1ccccc1F)C(=O)Cc1cccc(C)c1. The van der Waals surface area contributed by atoms with E-state index in [1.807, 2.05) is 68.4 Å². The summed E-state index contributed by atoms with van der Waals surface area (Å²) in [7, 11) is 0. The molecule has 0 aliphatic carbocycles. The number of nitrogens with one attached hydrogen (secondary N) is 1. The first-order chi connectivity index (χ1) is 16.0. The Bertz CT molecular complexity index is 1070. The van der Waals surface area contributed by atoms with Crippen molar-refractivity contribution in [1.82, 2.24) is 10.2 Å². The Morgan fingerprint density at radius 3 is 2.33 bits per heavy atom. The van der Waals surface area contributed by atoms with E-state index >= 15 is 0 Å². The molecule has 0 heterocycles. The molecule has 3 rings (SSSR count). The Hall–Kier alpha value is -3.47. The molecule has 1 N–H and O–H groups in total. The van der Waals surface area contributed by atoms with Gasteiger partial charge in [-0.05, 0) is 30.5 Å². The summed E-state index contributed by atoms with van der Waals surface area (Å²) >= 11 is 0. The smallest absolute Gasteiger partial charge is 0.243 e. The van der Waals surface area contributed by atoms with Gasteiger partial charge in [0.1, 0.15) is 11.9 Å². The van der Waals surface area contributed by atoms with Gasteiger partial charge in [-0.1, -0.05) is 85.3 Å².